The van der Waals surface area contributed by atoms with E-state index in [9.17, 15) is 9.59 Å². The smallest absolute Gasteiger partial charge is 0.351 e. The van der Waals surface area contributed by atoms with Gasteiger partial charge < -0.3 is 10.1 Å². The summed E-state index contributed by atoms with van der Waals surface area (Å²) in [6.07, 6.45) is 2.61. The Labute approximate surface area is 172 Å². The van der Waals surface area contributed by atoms with E-state index in [4.69, 9.17) is 4.74 Å². The second-order valence-corrected chi connectivity index (χ2v) is 7.30. The summed E-state index contributed by atoms with van der Waals surface area (Å²) in [6.45, 7) is 6.32. The van der Waals surface area contributed by atoms with E-state index in [1.54, 1.807) is 24.1 Å². The van der Waals surface area contributed by atoms with Gasteiger partial charge in [-0.1, -0.05) is 6.92 Å². The zero-order valence-electron chi connectivity index (χ0n) is 17.5. The number of carbonyl (C=O) groups is 1. The van der Waals surface area contributed by atoms with Crippen molar-refractivity contribution in [1.29, 1.82) is 0 Å². The van der Waals surface area contributed by atoms with E-state index in [0.29, 0.717) is 29.3 Å². The molecule has 0 fully saturated rings. The van der Waals surface area contributed by atoms with Gasteiger partial charge in [0.1, 0.15) is 18.1 Å². The minimum atomic E-state index is -0.374. The highest BCUT2D eigenvalue weighted by Crippen LogP contribution is 2.23. The highest BCUT2D eigenvalue weighted by molar-refractivity contribution is 5.90. The Morgan fingerprint density at radius 1 is 1.17 bits per heavy atom. The molecule has 0 aliphatic rings. The number of methoxy groups -OCH3 is 1. The predicted octanol–water partition coefficient (Wildman–Crippen LogP) is 2.52. The Bertz CT molecular complexity index is 1310. The number of hydrogen-bond donors (Lipinski definition) is 1. The number of aromatic nitrogens is 5. The largest absolute Gasteiger partial charge is 0.497 e. The maximum atomic E-state index is 13.1. The van der Waals surface area contributed by atoms with Gasteiger partial charge in [-0.05, 0) is 49.4 Å². The van der Waals surface area contributed by atoms with Crippen molar-refractivity contribution < 1.29 is 9.53 Å². The zero-order valence-corrected chi connectivity index (χ0v) is 17.5. The summed E-state index contributed by atoms with van der Waals surface area (Å²) >= 11 is 0. The van der Waals surface area contributed by atoms with Crippen molar-refractivity contribution in [2.24, 2.45) is 0 Å². The quantitative estimate of drug-likeness (QED) is 0.529. The van der Waals surface area contributed by atoms with Crippen molar-refractivity contribution in [3.63, 3.8) is 0 Å². The summed E-state index contributed by atoms with van der Waals surface area (Å²) in [6, 6.07) is 7.50. The maximum Gasteiger partial charge on any atom is 0.351 e. The van der Waals surface area contributed by atoms with Crippen molar-refractivity contribution in [1.82, 2.24) is 24.0 Å². The number of anilines is 1. The lowest BCUT2D eigenvalue weighted by Crippen LogP contribution is -2.29. The maximum absolute atomic E-state index is 13.1. The van der Waals surface area contributed by atoms with Gasteiger partial charge in [0, 0.05) is 18.2 Å². The molecule has 3 aromatic heterocycles. The number of fused-ring (bicyclic) bond motifs is 3. The van der Waals surface area contributed by atoms with Gasteiger partial charge in [0.25, 0.3) is 0 Å². The molecule has 0 radical (unpaired) electrons. The molecule has 0 bridgehead atoms. The Morgan fingerprint density at radius 3 is 2.70 bits per heavy atom. The number of carbonyl (C=O) groups excluding carboxylic acids is 1. The zero-order chi connectivity index (χ0) is 21.4. The standard InChI is InChI=1S/C21H24N6O3/c1-5-8-25-19(14(3)11-22-25)23-18(28)12-26-21(29)27-17-10-16(30-4)7-6-15(17)9-13(2)20(27)24-26/h6-7,9-11H,5,8,12H2,1-4H3,(H,23,28). The SMILES string of the molecule is CCCn1ncc(C)c1NC(=O)Cn1nc2c(C)cc3ccc(OC)cc3n2c1=O. The number of nitrogens with one attached hydrogen (secondary N) is 1. The molecule has 156 valence electrons. The highest BCUT2D eigenvalue weighted by Gasteiger charge is 2.17. The van der Waals surface area contributed by atoms with Crippen LogP contribution in [0.4, 0.5) is 5.82 Å². The summed E-state index contributed by atoms with van der Waals surface area (Å²) in [4.78, 5) is 25.8. The molecule has 3 heterocycles. The molecule has 0 unspecified atom stereocenters. The van der Waals surface area contributed by atoms with Crippen LogP contribution in [-0.2, 0) is 17.9 Å². The summed E-state index contributed by atoms with van der Waals surface area (Å²) in [5.41, 5.74) is 2.54. The van der Waals surface area contributed by atoms with E-state index in [-0.39, 0.29) is 18.1 Å². The lowest BCUT2D eigenvalue weighted by molar-refractivity contribution is -0.117. The van der Waals surface area contributed by atoms with E-state index < -0.39 is 0 Å². The van der Waals surface area contributed by atoms with Crippen molar-refractivity contribution in [3.8, 4) is 5.75 Å². The van der Waals surface area contributed by atoms with Gasteiger partial charge in [-0.25, -0.2) is 18.6 Å². The van der Waals surface area contributed by atoms with Crippen LogP contribution in [0.3, 0.4) is 0 Å². The molecule has 30 heavy (non-hydrogen) atoms. The first-order chi connectivity index (χ1) is 14.4. The molecular formula is C21H24N6O3. The van der Waals surface area contributed by atoms with Crippen molar-refractivity contribution in [2.45, 2.75) is 40.3 Å². The van der Waals surface area contributed by atoms with Gasteiger partial charge in [0.15, 0.2) is 5.65 Å². The molecule has 9 heteroatoms. The first kappa shape index (κ1) is 19.7. The van der Waals surface area contributed by atoms with E-state index >= 15 is 0 Å². The van der Waals surface area contributed by atoms with E-state index in [2.05, 4.69) is 15.5 Å². The fourth-order valence-corrected chi connectivity index (χ4v) is 3.58. The minimum Gasteiger partial charge on any atom is -0.497 e. The summed E-state index contributed by atoms with van der Waals surface area (Å²) < 4.78 is 9.76. The summed E-state index contributed by atoms with van der Waals surface area (Å²) in [5, 5.41) is 12.5. The fourth-order valence-electron chi connectivity index (χ4n) is 3.58. The van der Waals surface area contributed by atoms with Crippen LogP contribution in [0.15, 0.2) is 35.3 Å². The van der Waals surface area contributed by atoms with Crippen LogP contribution in [0.1, 0.15) is 24.5 Å². The van der Waals surface area contributed by atoms with Crippen LogP contribution < -0.4 is 15.7 Å². The normalized spacial score (nSPS) is 11.3. The van der Waals surface area contributed by atoms with Crippen molar-refractivity contribution >= 4 is 28.3 Å². The molecule has 0 spiro atoms. The van der Waals surface area contributed by atoms with Crippen molar-refractivity contribution in [2.75, 3.05) is 12.4 Å². The van der Waals surface area contributed by atoms with Gasteiger partial charge >= 0.3 is 5.69 Å². The van der Waals surface area contributed by atoms with Gasteiger partial charge in [-0.2, -0.15) is 5.10 Å². The second kappa shape index (κ2) is 7.66. The fraction of sp³-hybridized carbons (Fsp3) is 0.333. The Hall–Kier alpha value is -3.62. The van der Waals surface area contributed by atoms with Crippen LogP contribution >= 0.6 is 0 Å². The molecule has 1 amide bonds. The topological polar surface area (TPSA) is 95.5 Å². The first-order valence-electron chi connectivity index (χ1n) is 9.82. The first-order valence-corrected chi connectivity index (χ1v) is 9.82. The lowest BCUT2D eigenvalue weighted by atomic mass is 10.1. The lowest BCUT2D eigenvalue weighted by Gasteiger charge is -2.09. The van der Waals surface area contributed by atoms with Crippen LogP contribution in [0.5, 0.6) is 5.75 Å². The van der Waals surface area contributed by atoms with Gasteiger partial charge in [0.05, 0.1) is 18.8 Å². The summed E-state index contributed by atoms with van der Waals surface area (Å²) in [5.74, 6) is 0.954. The molecule has 1 N–H and O–H groups in total. The number of ether oxygens (including phenoxy) is 1. The Kier molecular flexibility index (Phi) is 5.03. The molecule has 0 saturated carbocycles. The van der Waals surface area contributed by atoms with E-state index in [1.165, 1.54) is 9.08 Å². The molecule has 0 aliphatic carbocycles. The third-order valence-electron chi connectivity index (χ3n) is 5.05. The molecular weight excluding hydrogens is 384 g/mol. The molecule has 4 aromatic rings. The van der Waals surface area contributed by atoms with Crippen LogP contribution in [0.2, 0.25) is 0 Å². The van der Waals surface area contributed by atoms with Crippen LogP contribution in [0.25, 0.3) is 16.6 Å². The molecule has 0 saturated heterocycles. The second-order valence-electron chi connectivity index (χ2n) is 7.30. The molecule has 1 aromatic carbocycles. The number of aryl methyl sites for hydroxylation is 3. The molecule has 4 rings (SSSR count). The van der Waals surface area contributed by atoms with E-state index in [1.807, 2.05) is 39.0 Å². The third-order valence-corrected chi connectivity index (χ3v) is 5.05. The highest BCUT2D eigenvalue weighted by atomic mass is 16.5. The average molecular weight is 408 g/mol. The van der Waals surface area contributed by atoms with Crippen molar-refractivity contribution in [3.05, 3.63) is 52.1 Å². The third kappa shape index (κ3) is 3.32. The average Bonchev–Trinajstić information content (AvgIpc) is 3.23. The summed E-state index contributed by atoms with van der Waals surface area (Å²) in [7, 11) is 1.58. The molecule has 0 atom stereocenters. The predicted molar refractivity (Wildman–Crippen MR) is 114 cm³/mol. The molecule has 0 aliphatic heterocycles. The van der Waals surface area contributed by atoms with Gasteiger partial charge in [-0.15, -0.1) is 5.10 Å². The van der Waals surface area contributed by atoms with E-state index in [0.717, 1.165) is 22.9 Å². The minimum absolute atomic E-state index is 0.192. The van der Waals surface area contributed by atoms with Crippen LogP contribution in [0, 0.1) is 13.8 Å². The van der Waals surface area contributed by atoms with Crippen LogP contribution in [-0.4, -0.2) is 37.0 Å². The number of nitrogens with zero attached hydrogens (tertiary/aromatic N) is 5. The van der Waals surface area contributed by atoms with Gasteiger partial charge in [-0.3, -0.25) is 4.79 Å². The number of benzene rings is 1. The molecule has 9 nitrogen and oxygen atoms in total. The monoisotopic (exact) mass is 408 g/mol. The Balaban J connectivity index is 1.72. The number of hydrogen-bond acceptors (Lipinski definition) is 5. The number of amides is 1. The Morgan fingerprint density at radius 2 is 1.97 bits per heavy atom. The number of rotatable bonds is 6. The van der Waals surface area contributed by atoms with Gasteiger partial charge in [0.2, 0.25) is 5.91 Å². The number of pyridine rings is 1.